The minimum Gasteiger partial charge on any atom is -0.481 e. The molecule has 2 heterocycles. The van der Waals surface area contributed by atoms with Crippen LogP contribution in [0.3, 0.4) is 0 Å². The molecule has 0 aromatic heterocycles. The second-order valence-electron chi connectivity index (χ2n) is 10.6. The van der Waals surface area contributed by atoms with Gasteiger partial charge in [-0.2, -0.15) is 0 Å². The summed E-state index contributed by atoms with van der Waals surface area (Å²) >= 11 is 0. The van der Waals surface area contributed by atoms with Gasteiger partial charge in [-0.1, -0.05) is 30.3 Å². The van der Waals surface area contributed by atoms with Crippen molar-refractivity contribution < 1.29 is 38.9 Å². The summed E-state index contributed by atoms with van der Waals surface area (Å²) < 4.78 is 5.47. The summed E-state index contributed by atoms with van der Waals surface area (Å²) in [5.74, 6) is -3.57. The first kappa shape index (κ1) is 27.9. The first-order chi connectivity index (χ1) is 17.3. The number of carboxylic acids is 2. The third-order valence-corrected chi connectivity index (χ3v) is 6.84. The maximum atomic E-state index is 13.5. The van der Waals surface area contributed by atoms with E-state index in [1.54, 1.807) is 56.0 Å². The second kappa shape index (κ2) is 11.2. The first-order valence-electron chi connectivity index (χ1n) is 12.4. The lowest BCUT2D eigenvalue weighted by molar-refractivity contribution is -0.148. The molecule has 2 aliphatic rings. The molecule has 0 saturated carbocycles. The fourth-order valence-electron chi connectivity index (χ4n) is 4.96. The van der Waals surface area contributed by atoms with Crippen LogP contribution < -0.4 is 5.32 Å². The van der Waals surface area contributed by atoms with Crippen molar-refractivity contribution in [2.24, 2.45) is 0 Å². The number of amides is 3. The molecule has 11 nitrogen and oxygen atoms in total. The van der Waals surface area contributed by atoms with Crippen molar-refractivity contribution in [2.75, 3.05) is 19.6 Å². The quantitative estimate of drug-likeness (QED) is 0.496. The smallest absolute Gasteiger partial charge is 0.410 e. The monoisotopic (exact) mass is 517 g/mol. The van der Waals surface area contributed by atoms with Crippen molar-refractivity contribution >= 4 is 29.8 Å². The zero-order valence-corrected chi connectivity index (χ0v) is 21.4. The largest absolute Gasteiger partial charge is 0.481 e. The summed E-state index contributed by atoms with van der Waals surface area (Å²) in [6.07, 6.45) is 0.351. The number of carbonyl (C=O) groups is 5. The molecule has 1 aromatic carbocycles. The van der Waals surface area contributed by atoms with Gasteiger partial charge in [0.05, 0.1) is 11.8 Å². The van der Waals surface area contributed by atoms with Gasteiger partial charge in [0.1, 0.15) is 17.7 Å². The number of nitrogens with one attached hydrogen (secondary N) is 1. The van der Waals surface area contributed by atoms with E-state index in [0.717, 1.165) is 0 Å². The van der Waals surface area contributed by atoms with Crippen LogP contribution in [0.15, 0.2) is 30.3 Å². The van der Waals surface area contributed by atoms with Gasteiger partial charge >= 0.3 is 18.0 Å². The molecule has 37 heavy (non-hydrogen) atoms. The maximum Gasteiger partial charge on any atom is 0.410 e. The molecule has 0 bridgehead atoms. The molecule has 202 valence electrons. The molecule has 2 atom stereocenters. The van der Waals surface area contributed by atoms with E-state index in [-0.39, 0.29) is 31.8 Å². The Kier molecular flexibility index (Phi) is 8.45. The normalized spacial score (nSPS) is 20.1. The van der Waals surface area contributed by atoms with Crippen LogP contribution in [-0.4, -0.2) is 87.2 Å². The molecule has 3 amide bonds. The van der Waals surface area contributed by atoms with Gasteiger partial charge in [0.25, 0.3) is 0 Å². The highest BCUT2D eigenvalue weighted by molar-refractivity contribution is 5.93. The van der Waals surface area contributed by atoms with Crippen LogP contribution in [0.2, 0.25) is 0 Å². The number of hydrogen-bond donors (Lipinski definition) is 3. The van der Waals surface area contributed by atoms with Crippen molar-refractivity contribution in [3.8, 4) is 0 Å². The average molecular weight is 518 g/mol. The van der Waals surface area contributed by atoms with Crippen molar-refractivity contribution in [3.63, 3.8) is 0 Å². The number of rotatable bonds is 7. The number of ether oxygens (including phenoxy) is 1. The fraction of sp³-hybridized carbons (Fsp3) is 0.577. The van der Waals surface area contributed by atoms with Crippen LogP contribution in [0.1, 0.15) is 58.4 Å². The Hall–Kier alpha value is -3.63. The fourth-order valence-corrected chi connectivity index (χ4v) is 4.96. The zero-order valence-electron chi connectivity index (χ0n) is 21.4. The Bertz CT molecular complexity index is 1030. The molecule has 2 saturated heterocycles. The Labute approximate surface area is 215 Å². The minimum absolute atomic E-state index is 0.209. The minimum atomic E-state index is -1.58. The number of benzene rings is 1. The third-order valence-electron chi connectivity index (χ3n) is 6.84. The van der Waals surface area contributed by atoms with Crippen LogP contribution in [-0.2, 0) is 29.3 Å². The summed E-state index contributed by atoms with van der Waals surface area (Å²) in [4.78, 5) is 65.4. The van der Waals surface area contributed by atoms with Crippen molar-refractivity contribution in [3.05, 3.63) is 35.9 Å². The van der Waals surface area contributed by atoms with Crippen LogP contribution in [0, 0.1) is 0 Å². The summed E-state index contributed by atoms with van der Waals surface area (Å²) in [5.41, 5.74) is -1.16. The number of hydrogen-bond acceptors (Lipinski definition) is 6. The van der Waals surface area contributed by atoms with E-state index in [1.807, 2.05) is 0 Å². The summed E-state index contributed by atoms with van der Waals surface area (Å²) in [7, 11) is 0. The molecule has 0 aliphatic carbocycles. The van der Waals surface area contributed by atoms with E-state index < -0.39 is 53.5 Å². The molecule has 11 heteroatoms. The number of carbonyl (C=O) groups excluding carboxylic acids is 3. The molecular weight excluding hydrogens is 482 g/mol. The highest BCUT2D eigenvalue weighted by Gasteiger charge is 2.47. The molecule has 3 N–H and O–H groups in total. The Morgan fingerprint density at radius 1 is 1.05 bits per heavy atom. The molecule has 2 aliphatic heterocycles. The van der Waals surface area contributed by atoms with E-state index in [1.165, 1.54) is 4.90 Å². The van der Waals surface area contributed by atoms with Crippen LogP contribution >= 0.6 is 0 Å². The zero-order chi connectivity index (χ0) is 27.4. The lowest BCUT2D eigenvalue weighted by atomic mass is 9.71. The van der Waals surface area contributed by atoms with Gasteiger partial charge in [0, 0.05) is 19.6 Å². The van der Waals surface area contributed by atoms with Crippen LogP contribution in [0.4, 0.5) is 4.79 Å². The van der Waals surface area contributed by atoms with Crippen LogP contribution in [0.5, 0.6) is 0 Å². The number of nitrogens with zero attached hydrogens (tertiary/aromatic N) is 2. The number of piperidine rings is 1. The Balaban J connectivity index is 1.77. The molecule has 1 aromatic rings. The lowest BCUT2D eigenvalue weighted by Crippen LogP contribution is -2.57. The molecule has 2 fully saturated rings. The van der Waals surface area contributed by atoms with Gasteiger partial charge in [-0.05, 0) is 52.0 Å². The van der Waals surface area contributed by atoms with Gasteiger partial charge in [-0.3, -0.25) is 19.3 Å². The van der Waals surface area contributed by atoms with E-state index in [0.29, 0.717) is 24.9 Å². The first-order valence-corrected chi connectivity index (χ1v) is 12.4. The van der Waals surface area contributed by atoms with E-state index in [2.05, 4.69) is 5.32 Å². The summed E-state index contributed by atoms with van der Waals surface area (Å²) in [6.45, 7) is 6.16. The molecule has 3 rings (SSSR count). The van der Waals surface area contributed by atoms with Crippen molar-refractivity contribution in [1.82, 2.24) is 15.1 Å². The predicted molar refractivity (Wildman–Crippen MR) is 132 cm³/mol. The number of aliphatic carboxylic acids is 2. The van der Waals surface area contributed by atoms with E-state index in [9.17, 15) is 29.1 Å². The average Bonchev–Trinajstić information content (AvgIpc) is 3.32. The topological polar surface area (TPSA) is 154 Å². The van der Waals surface area contributed by atoms with Gasteiger partial charge in [-0.25, -0.2) is 9.59 Å². The van der Waals surface area contributed by atoms with E-state index >= 15 is 0 Å². The van der Waals surface area contributed by atoms with E-state index in [4.69, 9.17) is 9.84 Å². The predicted octanol–water partition coefficient (Wildman–Crippen LogP) is 1.99. The molecule has 0 unspecified atom stereocenters. The second-order valence-corrected chi connectivity index (χ2v) is 10.6. The highest BCUT2D eigenvalue weighted by Crippen LogP contribution is 2.37. The lowest BCUT2D eigenvalue weighted by Gasteiger charge is -2.42. The maximum absolute atomic E-state index is 13.5. The Morgan fingerprint density at radius 3 is 2.22 bits per heavy atom. The van der Waals surface area contributed by atoms with Gasteiger partial charge in [0.15, 0.2) is 0 Å². The van der Waals surface area contributed by atoms with Gasteiger partial charge < -0.3 is 25.2 Å². The van der Waals surface area contributed by atoms with Gasteiger partial charge in [0.2, 0.25) is 11.8 Å². The van der Waals surface area contributed by atoms with Gasteiger partial charge in [-0.15, -0.1) is 0 Å². The molecular formula is C26H35N3O8. The Morgan fingerprint density at radius 2 is 1.68 bits per heavy atom. The molecule has 0 spiro atoms. The third kappa shape index (κ3) is 6.58. The SMILES string of the molecule is CC(C)(C)OC(=O)N1CCC[C@H]1C(=O)N1CCC(C(=O)N[C@@H](CC(=O)O)C(=O)O)(c2ccccc2)CC1. The summed E-state index contributed by atoms with van der Waals surface area (Å²) in [6, 6.07) is 6.65. The summed E-state index contributed by atoms with van der Waals surface area (Å²) in [5, 5.41) is 20.9. The van der Waals surface area contributed by atoms with Crippen LogP contribution in [0.25, 0.3) is 0 Å². The van der Waals surface area contributed by atoms with Crippen molar-refractivity contribution in [2.45, 2.75) is 76.0 Å². The number of likely N-dealkylation sites (tertiary alicyclic amines) is 2. The molecule has 0 radical (unpaired) electrons. The number of carboxylic acid groups (broad SMARTS) is 2. The standard InChI is InChI=1S/C26H35N3O8/c1-25(2,3)37-24(36)29-13-7-10-19(29)21(32)28-14-11-26(12-15-28,17-8-5-4-6-9-17)23(35)27-18(22(33)34)16-20(30)31/h4-6,8-9,18-19H,7,10-16H2,1-3H3,(H,27,35)(H,30,31)(H,33,34)/t18-,19-/m0/s1. The highest BCUT2D eigenvalue weighted by atomic mass is 16.6. The van der Waals surface area contributed by atoms with Crippen molar-refractivity contribution in [1.29, 1.82) is 0 Å².